The van der Waals surface area contributed by atoms with Crippen LogP contribution >= 0.6 is 0 Å². The molecule has 0 N–H and O–H groups in total. The molecule has 0 aliphatic rings. The number of pyridine rings is 1. The van der Waals surface area contributed by atoms with Crippen LogP contribution in [0.4, 0.5) is 0 Å². The molecule has 5 nitrogen and oxygen atoms in total. The molecule has 1 heterocycles. The average Bonchev–Trinajstić information content (AvgIpc) is 2.92. The molecule has 0 aliphatic carbocycles. The predicted molar refractivity (Wildman–Crippen MR) is 138 cm³/mol. The fourth-order valence-electron chi connectivity index (χ4n) is 3.25. The van der Waals surface area contributed by atoms with Crippen LogP contribution < -0.4 is 14.2 Å². The van der Waals surface area contributed by atoms with Gasteiger partial charge in [-0.1, -0.05) is 60.7 Å². The molecule has 35 heavy (non-hydrogen) atoms. The smallest absolute Gasteiger partial charge is 0.336 e. The van der Waals surface area contributed by atoms with Crippen molar-refractivity contribution in [2.24, 2.45) is 0 Å². The highest BCUT2D eigenvalue weighted by atomic mass is 16.6. The van der Waals surface area contributed by atoms with E-state index >= 15 is 0 Å². The number of ether oxygens (including phenoxy) is 3. The van der Waals surface area contributed by atoms with Gasteiger partial charge in [0, 0.05) is 12.3 Å². The maximum absolute atomic E-state index is 12.4. The highest BCUT2D eigenvalue weighted by molar-refractivity contribution is 5.89. The number of carbonyl (C=O) groups is 1. The lowest BCUT2D eigenvalue weighted by atomic mass is 10.1. The Kier molecular flexibility index (Phi) is 8.06. The van der Waals surface area contributed by atoms with Crippen molar-refractivity contribution in [2.75, 3.05) is 7.11 Å². The fraction of sp³-hybridized carbons (Fsp3) is 0.0667. The SMILES string of the molecule is COc1cc(/C=C/c2ccccn2)ccc1OC(=O)/C=C/c1ccc(OCc2ccccc2)cc1. The van der Waals surface area contributed by atoms with Crippen LogP contribution in [0.2, 0.25) is 0 Å². The molecule has 0 atom stereocenters. The molecule has 5 heteroatoms. The summed E-state index contributed by atoms with van der Waals surface area (Å²) in [6, 6.07) is 28.6. The molecule has 0 bridgehead atoms. The molecule has 0 aliphatic heterocycles. The number of hydrogen-bond acceptors (Lipinski definition) is 5. The summed E-state index contributed by atoms with van der Waals surface area (Å²) in [5.74, 6) is 1.08. The van der Waals surface area contributed by atoms with E-state index in [1.165, 1.54) is 13.2 Å². The molecule has 0 spiro atoms. The van der Waals surface area contributed by atoms with Gasteiger partial charge in [-0.2, -0.15) is 0 Å². The van der Waals surface area contributed by atoms with Crippen molar-refractivity contribution in [1.29, 1.82) is 0 Å². The number of rotatable bonds is 9. The number of benzene rings is 3. The monoisotopic (exact) mass is 463 g/mol. The fourth-order valence-corrected chi connectivity index (χ4v) is 3.25. The third-order valence-corrected chi connectivity index (χ3v) is 5.07. The lowest BCUT2D eigenvalue weighted by molar-refractivity contribution is -0.129. The van der Waals surface area contributed by atoms with Crippen LogP contribution in [-0.2, 0) is 11.4 Å². The van der Waals surface area contributed by atoms with E-state index in [4.69, 9.17) is 14.2 Å². The summed E-state index contributed by atoms with van der Waals surface area (Å²) in [5.41, 5.74) is 3.71. The molecule has 0 radical (unpaired) electrons. The normalized spacial score (nSPS) is 11.0. The summed E-state index contributed by atoms with van der Waals surface area (Å²) in [7, 11) is 1.54. The topological polar surface area (TPSA) is 57.7 Å². The number of hydrogen-bond donors (Lipinski definition) is 0. The first-order valence-corrected chi connectivity index (χ1v) is 11.1. The highest BCUT2D eigenvalue weighted by Gasteiger charge is 2.08. The third kappa shape index (κ3) is 7.17. The second-order valence-corrected chi connectivity index (χ2v) is 7.60. The van der Waals surface area contributed by atoms with Gasteiger partial charge < -0.3 is 14.2 Å². The lowest BCUT2D eigenvalue weighted by Crippen LogP contribution is -2.05. The summed E-state index contributed by atoms with van der Waals surface area (Å²) in [6.45, 7) is 0.502. The van der Waals surface area contributed by atoms with E-state index < -0.39 is 5.97 Å². The molecule has 0 amide bonds. The number of nitrogens with zero attached hydrogens (tertiary/aromatic N) is 1. The predicted octanol–water partition coefficient (Wildman–Crippen LogP) is 6.46. The van der Waals surface area contributed by atoms with Crippen molar-refractivity contribution in [1.82, 2.24) is 4.98 Å². The zero-order valence-corrected chi connectivity index (χ0v) is 19.3. The van der Waals surface area contributed by atoms with E-state index in [0.717, 1.165) is 28.1 Å². The van der Waals surface area contributed by atoms with Crippen molar-refractivity contribution in [3.63, 3.8) is 0 Å². The Morgan fingerprint density at radius 2 is 1.57 bits per heavy atom. The largest absolute Gasteiger partial charge is 0.493 e. The van der Waals surface area contributed by atoms with E-state index in [0.29, 0.717) is 18.1 Å². The van der Waals surface area contributed by atoms with Gasteiger partial charge in [0.1, 0.15) is 12.4 Å². The van der Waals surface area contributed by atoms with Crippen molar-refractivity contribution < 1.29 is 19.0 Å². The highest BCUT2D eigenvalue weighted by Crippen LogP contribution is 2.29. The minimum absolute atomic E-state index is 0.349. The van der Waals surface area contributed by atoms with Crippen LogP contribution in [0.3, 0.4) is 0 Å². The number of esters is 1. The Balaban J connectivity index is 1.33. The van der Waals surface area contributed by atoms with Gasteiger partial charge in [-0.15, -0.1) is 0 Å². The summed E-state index contributed by atoms with van der Waals surface area (Å²) in [5, 5.41) is 0. The van der Waals surface area contributed by atoms with Crippen molar-refractivity contribution in [3.8, 4) is 17.2 Å². The minimum Gasteiger partial charge on any atom is -0.493 e. The van der Waals surface area contributed by atoms with Crippen LogP contribution in [0.5, 0.6) is 17.2 Å². The molecular formula is C30H25NO4. The van der Waals surface area contributed by atoms with E-state index in [-0.39, 0.29) is 0 Å². The molecule has 0 saturated carbocycles. The number of carbonyl (C=O) groups excluding carboxylic acids is 1. The Morgan fingerprint density at radius 1 is 0.800 bits per heavy atom. The Bertz CT molecular complexity index is 1300. The molecule has 3 aromatic carbocycles. The zero-order chi connectivity index (χ0) is 24.3. The molecule has 0 saturated heterocycles. The van der Waals surface area contributed by atoms with Crippen LogP contribution in [0.1, 0.15) is 22.4 Å². The summed E-state index contributed by atoms with van der Waals surface area (Å²) in [6.07, 6.45) is 8.64. The Labute approximate surface area is 204 Å². The number of methoxy groups -OCH3 is 1. The summed E-state index contributed by atoms with van der Waals surface area (Å²) in [4.78, 5) is 16.6. The standard InChI is InChI=1S/C30H25NO4/c1-33-29-21-24(10-15-26-9-5-6-20-31-26)13-18-28(29)35-30(32)19-14-23-11-16-27(17-12-23)34-22-25-7-3-2-4-8-25/h2-21H,22H2,1H3/b15-10+,19-14+. The first-order valence-electron chi connectivity index (χ1n) is 11.1. The average molecular weight is 464 g/mol. The van der Waals surface area contributed by atoms with E-state index in [2.05, 4.69) is 4.98 Å². The van der Waals surface area contributed by atoms with Gasteiger partial charge in [-0.05, 0) is 65.2 Å². The van der Waals surface area contributed by atoms with Crippen LogP contribution in [-0.4, -0.2) is 18.1 Å². The Morgan fingerprint density at radius 3 is 2.31 bits per heavy atom. The van der Waals surface area contributed by atoms with Gasteiger partial charge in [0.15, 0.2) is 11.5 Å². The van der Waals surface area contributed by atoms with Gasteiger partial charge in [0.05, 0.1) is 12.8 Å². The second kappa shape index (κ2) is 12.0. The van der Waals surface area contributed by atoms with E-state index in [9.17, 15) is 4.79 Å². The van der Waals surface area contributed by atoms with Crippen molar-refractivity contribution >= 4 is 24.2 Å². The maximum atomic E-state index is 12.4. The first-order chi connectivity index (χ1) is 17.2. The van der Waals surface area contributed by atoms with Crippen LogP contribution in [0, 0.1) is 0 Å². The van der Waals surface area contributed by atoms with Gasteiger partial charge >= 0.3 is 5.97 Å². The molecule has 0 fully saturated rings. The summed E-state index contributed by atoms with van der Waals surface area (Å²) >= 11 is 0. The molecule has 4 rings (SSSR count). The first kappa shape index (κ1) is 23.5. The third-order valence-electron chi connectivity index (χ3n) is 5.07. The lowest BCUT2D eigenvalue weighted by Gasteiger charge is -2.09. The molecule has 174 valence electrons. The van der Waals surface area contributed by atoms with E-state index in [1.807, 2.05) is 91.0 Å². The second-order valence-electron chi connectivity index (χ2n) is 7.60. The minimum atomic E-state index is -0.496. The molecular weight excluding hydrogens is 438 g/mol. The van der Waals surface area contributed by atoms with Gasteiger partial charge in [0.25, 0.3) is 0 Å². The van der Waals surface area contributed by atoms with Gasteiger partial charge in [0.2, 0.25) is 0 Å². The number of aromatic nitrogens is 1. The van der Waals surface area contributed by atoms with Crippen molar-refractivity contribution in [3.05, 3.63) is 126 Å². The van der Waals surface area contributed by atoms with Crippen LogP contribution in [0.15, 0.2) is 103 Å². The van der Waals surface area contributed by atoms with Gasteiger partial charge in [-0.25, -0.2) is 4.79 Å². The zero-order valence-electron chi connectivity index (χ0n) is 19.3. The molecule has 0 unspecified atom stereocenters. The molecule has 4 aromatic rings. The van der Waals surface area contributed by atoms with E-state index in [1.54, 1.807) is 24.4 Å². The summed E-state index contributed by atoms with van der Waals surface area (Å²) < 4.78 is 16.7. The quantitative estimate of drug-likeness (QED) is 0.162. The van der Waals surface area contributed by atoms with Crippen LogP contribution in [0.25, 0.3) is 18.2 Å². The maximum Gasteiger partial charge on any atom is 0.336 e. The molecule has 1 aromatic heterocycles. The van der Waals surface area contributed by atoms with Gasteiger partial charge in [-0.3, -0.25) is 4.98 Å². The Hall–Kier alpha value is -4.64. The van der Waals surface area contributed by atoms with Crippen molar-refractivity contribution in [2.45, 2.75) is 6.61 Å².